The van der Waals surface area contributed by atoms with Crippen molar-refractivity contribution in [1.82, 2.24) is 20.1 Å². The maximum absolute atomic E-state index is 12.5. The molecular weight excluding hydrogens is 344 g/mol. The molecule has 0 saturated heterocycles. The molecule has 2 N–H and O–H groups in total. The van der Waals surface area contributed by atoms with Crippen molar-refractivity contribution in [2.75, 3.05) is 0 Å². The van der Waals surface area contributed by atoms with Gasteiger partial charge in [-0.1, -0.05) is 59.7 Å². The van der Waals surface area contributed by atoms with E-state index in [1.54, 1.807) is 4.57 Å². The monoisotopic (exact) mass is 366 g/mol. The minimum atomic E-state index is -0.107. The second-order valence-electron chi connectivity index (χ2n) is 6.50. The van der Waals surface area contributed by atoms with Gasteiger partial charge < -0.3 is 5.32 Å². The quantitative estimate of drug-likeness (QED) is 0.668. The Hall–Kier alpha value is -2.73. The van der Waals surface area contributed by atoms with Crippen LogP contribution in [0.5, 0.6) is 0 Å². The molecule has 26 heavy (non-hydrogen) atoms. The zero-order valence-electron chi connectivity index (χ0n) is 15.1. The lowest BCUT2D eigenvalue weighted by atomic mass is 10.1. The summed E-state index contributed by atoms with van der Waals surface area (Å²) in [5.74, 6) is 0.553. The van der Waals surface area contributed by atoms with Crippen molar-refractivity contribution < 1.29 is 4.79 Å². The number of nitrogens with one attached hydrogen (secondary N) is 2. The molecule has 1 heterocycles. The first kappa shape index (κ1) is 18.1. The molecule has 6 heteroatoms. The predicted octanol–water partition coefficient (Wildman–Crippen LogP) is 4.10. The number of H-pyrrole nitrogens is 1. The number of hydrogen-bond donors (Lipinski definition) is 2. The maximum Gasteiger partial charge on any atom is 0.240 e. The van der Waals surface area contributed by atoms with Crippen LogP contribution in [-0.2, 0) is 11.3 Å². The minimum Gasteiger partial charge on any atom is -0.348 e. The van der Waals surface area contributed by atoms with Crippen LogP contribution >= 0.6 is 12.2 Å². The van der Waals surface area contributed by atoms with Crippen LogP contribution in [0.2, 0.25) is 0 Å². The largest absolute Gasteiger partial charge is 0.348 e. The summed E-state index contributed by atoms with van der Waals surface area (Å²) in [6.45, 7) is 6.16. The standard InChI is InChI=1S/C20H22N4OS/c1-13-4-8-16(9-5-13)15(3)21-18(25)12-24-19(22-23-20(24)26)17-10-6-14(2)7-11-17/h4-11,15H,12H2,1-3H3,(H,21,25)(H,23,26). The fourth-order valence-electron chi connectivity index (χ4n) is 2.76. The number of hydrogen-bond acceptors (Lipinski definition) is 3. The maximum atomic E-state index is 12.5. The number of rotatable bonds is 5. The summed E-state index contributed by atoms with van der Waals surface area (Å²) in [7, 11) is 0. The Labute approximate surface area is 158 Å². The highest BCUT2D eigenvalue weighted by atomic mass is 32.1. The Morgan fingerprint density at radius 1 is 1.12 bits per heavy atom. The van der Waals surface area contributed by atoms with Crippen LogP contribution in [0.1, 0.15) is 29.7 Å². The molecule has 3 aromatic rings. The van der Waals surface area contributed by atoms with Crippen LogP contribution in [0.3, 0.4) is 0 Å². The van der Waals surface area contributed by atoms with Crippen molar-refractivity contribution in [3.8, 4) is 11.4 Å². The molecule has 134 valence electrons. The Morgan fingerprint density at radius 2 is 1.69 bits per heavy atom. The number of carbonyl (C=O) groups is 1. The van der Waals surface area contributed by atoms with Gasteiger partial charge in [0.2, 0.25) is 5.91 Å². The minimum absolute atomic E-state index is 0.0769. The molecule has 0 fully saturated rings. The average molecular weight is 366 g/mol. The summed E-state index contributed by atoms with van der Waals surface area (Å²) in [5.41, 5.74) is 4.35. The molecule has 1 atom stereocenters. The van der Waals surface area contributed by atoms with Gasteiger partial charge in [0.15, 0.2) is 10.6 Å². The fraction of sp³-hybridized carbons (Fsp3) is 0.250. The van der Waals surface area contributed by atoms with E-state index in [1.165, 1.54) is 11.1 Å². The van der Waals surface area contributed by atoms with Gasteiger partial charge in [-0.2, -0.15) is 5.10 Å². The normalized spacial score (nSPS) is 12.0. The fourth-order valence-corrected chi connectivity index (χ4v) is 2.95. The first-order chi connectivity index (χ1) is 12.4. The predicted molar refractivity (Wildman–Crippen MR) is 105 cm³/mol. The SMILES string of the molecule is Cc1ccc(-c2n[nH]c(=S)n2CC(=O)NC(C)c2ccc(C)cc2)cc1. The van der Waals surface area contributed by atoms with E-state index in [1.807, 2.05) is 69.3 Å². The third kappa shape index (κ3) is 4.08. The van der Waals surface area contributed by atoms with Crippen molar-refractivity contribution in [3.05, 3.63) is 70.0 Å². The van der Waals surface area contributed by atoms with E-state index < -0.39 is 0 Å². The van der Waals surface area contributed by atoms with E-state index in [0.29, 0.717) is 10.6 Å². The molecule has 0 saturated carbocycles. The van der Waals surface area contributed by atoms with Gasteiger partial charge in [0.25, 0.3) is 0 Å². The number of aromatic nitrogens is 3. The van der Waals surface area contributed by atoms with Crippen LogP contribution in [-0.4, -0.2) is 20.7 Å². The molecule has 2 aromatic carbocycles. The molecule has 0 bridgehead atoms. The van der Waals surface area contributed by atoms with Crippen LogP contribution in [0.25, 0.3) is 11.4 Å². The molecule has 0 aliphatic rings. The Kier molecular flexibility index (Phi) is 5.32. The number of carbonyl (C=O) groups excluding carboxylic acids is 1. The molecule has 0 aliphatic heterocycles. The second-order valence-corrected chi connectivity index (χ2v) is 6.89. The number of aryl methyl sites for hydroxylation is 2. The van der Waals surface area contributed by atoms with E-state index in [4.69, 9.17) is 12.2 Å². The van der Waals surface area contributed by atoms with Gasteiger partial charge in [-0.15, -0.1) is 0 Å². The van der Waals surface area contributed by atoms with Crippen molar-refractivity contribution >= 4 is 18.1 Å². The highest BCUT2D eigenvalue weighted by Crippen LogP contribution is 2.18. The number of amides is 1. The average Bonchev–Trinajstić information content (AvgIpc) is 2.97. The van der Waals surface area contributed by atoms with Crippen molar-refractivity contribution in [1.29, 1.82) is 0 Å². The van der Waals surface area contributed by atoms with Crippen LogP contribution in [0.15, 0.2) is 48.5 Å². The van der Waals surface area contributed by atoms with E-state index in [9.17, 15) is 4.79 Å². The van der Waals surface area contributed by atoms with Gasteiger partial charge in [-0.05, 0) is 38.6 Å². The Balaban J connectivity index is 1.75. The van der Waals surface area contributed by atoms with Gasteiger partial charge in [0.05, 0.1) is 6.04 Å². The third-order valence-electron chi connectivity index (χ3n) is 4.32. The topological polar surface area (TPSA) is 62.7 Å². The Morgan fingerprint density at radius 3 is 2.31 bits per heavy atom. The lowest BCUT2D eigenvalue weighted by Gasteiger charge is -2.15. The highest BCUT2D eigenvalue weighted by molar-refractivity contribution is 7.71. The van der Waals surface area contributed by atoms with Crippen molar-refractivity contribution in [2.24, 2.45) is 0 Å². The number of benzene rings is 2. The van der Waals surface area contributed by atoms with Gasteiger partial charge in [0, 0.05) is 5.56 Å². The first-order valence-electron chi connectivity index (χ1n) is 8.52. The second kappa shape index (κ2) is 7.66. The van der Waals surface area contributed by atoms with Gasteiger partial charge in [-0.25, -0.2) is 0 Å². The summed E-state index contributed by atoms with van der Waals surface area (Å²) >= 11 is 5.30. The molecule has 0 spiro atoms. The number of aromatic amines is 1. The molecule has 0 aliphatic carbocycles. The molecule has 1 aromatic heterocycles. The third-order valence-corrected chi connectivity index (χ3v) is 4.64. The van der Waals surface area contributed by atoms with E-state index in [0.717, 1.165) is 11.1 Å². The van der Waals surface area contributed by atoms with Crippen LogP contribution in [0.4, 0.5) is 0 Å². The van der Waals surface area contributed by atoms with Gasteiger partial charge >= 0.3 is 0 Å². The zero-order valence-corrected chi connectivity index (χ0v) is 15.9. The molecular formula is C20H22N4OS. The van der Waals surface area contributed by atoms with Gasteiger partial charge in [0.1, 0.15) is 6.54 Å². The summed E-state index contributed by atoms with van der Waals surface area (Å²) in [4.78, 5) is 12.5. The van der Waals surface area contributed by atoms with Crippen molar-refractivity contribution in [2.45, 2.75) is 33.4 Å². The highest BCUT2D eigenvalue weighted by Gasteiger charge is 2.14. The van der Waals surface area contributed by atoms with Crippen LogP contribution in [0, 0.1) is 18.6 Å². The first-order valence-corrected chi connectivity index (χ1v) is 8.93. The van der Waals surface area contributed by atoms with Gasteiger partial charge in [-0.3, -0.25) is 14.5 Å². The summed E-state index contributed by atoms with van der Waals surface area (Å²) in [6, 6.07) is 16.0. The van der Waals surface area contributed by atoms with E-state index in [-0.39, 0.29) is 18.5 Å². The molecule has 1 amide bonds. The molecule has 5 nitrogen and oxygen atoms in total. The smallest absolute Gasteiger partial charge is 0.240 e. The summed E-state index contributed by atoms with van der Waals surface area (Å²) in [5, 5.41) is 10.1. The zero-order chi connectivity index (χ0) is 18.7. The summed E-state index contributed by atoms with van der Waals surface area (Å²) in [6.07, 6.45) is 0. The number of nitrogens with zero attached hydrogens (tertiary/aromatic N) is 2. The van der Waals surface area contributed by atoms with Crippen molar-refractivity contribution in [3.63, 3.8) is 0 Å². The molecule has 3 rings (SSSR count). The van der Waals surface area contributed by atoms with Crippen LogP contribution < -0.4 is 5.32 Å². The molecule has 0 radical (unpaired) electrons. The van der Waals surface area contributed by atoms with E-state index >= 15 is 0 Å². The van der Waals surface area contributed by atoms with E-state index in [2.05, 4.69) is 15.5 Å². The molecule has 1 unspecified atom stereocenters. The Bertz CT molecular complexity index is 955. The summed E-state index contributed by atoms with van der Waals surface area (Å²) < 4.78 is 2.15. The lowest BCUT2D eigenvalue weighted by molar-refractivity contribution is -0.122. The lowest BCUT2D eigenvalue weighted by Crippen LogP contribution is -2.30.